The highest BCUT2D eigenvalue weighted by Gasteiger charge is 2.20. The van der Waals surface area contributed by atoms with Gasteiger partial charge in [-0.15, -0.1) is 0 Å². The van der Waals surface area contributed by atoms with E-state index in [0.29, 0.717) is 0 Å². The average molecular weight is 284 g/mol. The molecule has 0 unspecified atom stereocenters. The second kappa shape index (κ2) is 6.91. The summed E-state index contributed by atoms with van der Waals surface area (Å²) in [6.45, 7) is 0. The Hall–Kier alpha value is -2.60. The lowest BCUT2D eigenvalue weighted by atomic mass is 9.80. The fourth-order valence-corrected chi connectivity index (χ4v) is 2.59. The number of benzene rings is 2. The molecule has 0 bridgehead atoms. The van der Waals surface area contributed by atoms with Gasteiger partial charge in [-0.05, 0) is 17.5 Å². The largest absolute Gasteiger partial charge is 0.0831 e. The van der Waals surface area contributed by atoms with Gasteiger partial charge in [0.25, 0.3) is 0 Å². The van der Waals surface area contributed by atoms with E-state index < -0.39 is 0 Å². The third-order valence-corrected chi connectivity index (χ3v) is 3.90. The topological polar surface area (TPSA) is 0 Å². The van der Waals surface area contributed by atoms with E-state index in [1.54, 1.807) is 0 Å². The molecule has 1 aliphatic rings. The Morgan fingerprint density at radius 1 is 0.682 bits per heavy atom. The zero-order valence-electron chi connectivity index (χ0n) is 12.6. The van der Waals surface area contributed by atoms with Gasteiger partial charge in [0.1, 0.15) is 0 Å². The van der Waals surface area contributed by atoms with Crippen LogP contribution in [0.3, 0.4) is 0 Å². The molecule has 0 aromatic heterocycles. The van der Waals surface area contributed by atoms with Crippen molar-refractivity contribution >= 4 is 12.2 Å². The Morgan fingerprint density at radius 2 is 1.23 bits per heavy atom. The molecule has 0 saturated carbocycles. The van der Waals surface area contributed by atoms with Crippen molar-refractivity contribution in [1.29, 1.82) is 0 Å². The second-order valence-electron chi connectivity index (χ2n) is 5.59. The van der Waals surface area contributed by atoms with Crippen LogP contribution in [-0.4, -0.2) is 0 Å². The van der Waals surface area contributed by atoms with Gasteiger partial charge >= 0.3 is 0 Å². The van der Waals surface area contributed by atoms with E-state index in [0.717, 1.165) is 6.42 Å². The van der Waals surface area contributed by atoms with Gasteiger partial charge in [-0.1, -0.05) is 109 Å². The molecule has 0 fully saturated rings. The van der Waals surface area contributed by atoms with Crippen molar-refractivity contribution in [3.63, 3.8) is 0 Å². The van der Waals surface area contributed by atoms with Gasteiger partial charge in [0.2, 0.25) is 0 Å². The van der Waals surface area contributed by atoms with Gasteiger partial charge in [-0.3, -0.25) is 0 Å². The van der Waals surface area contributed by atoms with Crippen LogP contribution >= 0.6 is 0 Å². The van der Waals surface area contributed by atoms with Crippen LogP contribution in [0.15, 0.2) is 97.1 Å². The van der Waals surface area contributed by atoms with E-state index in [1.807, 2.05) is 12.1 Å². The van der Waals surface area contributed by atoms with Gasteiger partial charge in [-0.25, -0.2) is 0 Å². The maximum Gasteiger partial charge on any atom is 0.0286 e. The van der Waals surface area contributed by atoms with Gasteiger partial charge in [0, 0.05) is 5.41 Å². The molecule has 0 spiro atoms. The first-order valence-electron chi connectivity index (χ1n) is 7.69. The minimum Gasteiger partial charge on any atom is -0.0831 e. The number of hydrogen-bond acceptors (Lipinski definition) is 0. The maximum absolute atomic E-state index is 2.29. The highest BCUT2D eigenvalue weighted by atomic mass is 14.2. The lowest BCUT2D eigenvalue weighted by Crippen LogP contribution is -2.11. The summed E-state index contributed by atoms with van der Waals surface area (Å²) < 4.78 is 0. The Morgan fingerprint density at radius 3 is 1.68 bits per heavy atom. The molecule has 108 valence electrons. The summed E-state index contributed by atoms with van der Waals surface area (Å²) in [6, 6.07) is 20.9. The molecule has 22 heavy (non-hydrogen) atoms. The molecular weight excluding hydrogens is 264 g/mol. The van der Waals surface area contributed by atoms with E-state index in [-0.39, 0.29) is 5.41 Å². The summed E-state index contributed by atoms with van der Waals surface area (Å²) in [7, 11) is 0. The summed E-state index contributed by atoms with van der Waals surface area (Å²) in [5.41, 5.74) is 2.43. The monoisotopic (exact) mass is 284 g/mol. The summed E-state index contributed by atoms with van der Waals surface area (Å²) in [5.74, 6) is 0. The summed E-state index contributed by atoms with van der Waals surface area (Å²) in [6.07, 6.45) is 18.7. The highest BCUT2D eigenvalue weighted by Crippen LogP contribution is 2.33. The van der Waals surface area contributed by atoms with Crippen molar-refractivity contribution in [3.05, 3.63) is 108 Å². The number of hydrogen-bond donors (Lipinski definition) is 0. The molecule has 0 heterocycles. The van der Waals surface area contributed by atoms with Crippen molar-refractivity contribution in [2.75, 3.05) is 0 Å². The first-order chi connectivity index (χ1) is 10.9. The molecule has 1 aliphatic carbocycles. The van der Waals surface area contributed by atoms with Crippen LogP contribution in [0.4, 0.5) is 0 Å². The van der Waals surface area contributed by atoms with Crippen LogP contribution in [0.2, 0.25) is 0 Å². The Kier molecular flexibility index (Phi) is 4.50. The number of allylic oxidation sites excluding steroid dienone is 6. The lowest BCUT2D eigenvalue weighted by Gasteiger charge is -2.24. The normalized spacial score (nSPS) is 20.9. The highest BCUT2D eigenvalue weighted by molar-refractivity contribution is 5.56. The molecule has 0 radical (unpaired) electrons. The van der Waals surface area contributed by atoms with E-state index in [9.17, 15) is 0 Å². The molecule has 2 aromatic rings. The molecule has 0 nitrogen and oxygen atoms in total. The minimum atomic E-state index is -0.0412. The van der Waals surface area contributed by atoms with Crippen molar-refractivity contribution in [2.45, 2.75) is 6.42 Å². The average Bonchev–Trinajstić information content (AvgIpc) is 2.61. The van der Waals surface area contributed by atoms with Crippen LogP contribution in [0.1, 0.15) is 17.5 Å². The maximum atomic E-state index is 2.29. The van der Waals surface area contributed by atoms with Crippen LogP contribution in [0.25, 0.3) is 12.2 Å². The molecule has 0 saturated heterocycles. The van der Waals surface area contributed by atoms with E-state index in [4.69, 9.17) is 0 Å². The Labute approximate surface area is 132 Å². The third-order valence-electron chi connectivity index (χ3n) is 3.90. The van der Waals surface area contributed by atoms with E-state index >= 15 is 0 Å². The standard InChI is InChI=1S/C22H20/c1-4-10-20(11-5-1)14-18-22(16-8-3-9-17-22)19-15-21-12-6-2-7-13-21/h1-16,18-19H,17H2. The predicted molar refractivity (Wildman–Crippen MR) is 96.3 cm³/mol. The van der Waals surface area contributed by atoms with Gasteiger partial charge in [-0.2, -0.15) is 0 Å². The van der Waals surface area contributed by atoms with Crippen LogP contribution in [-0.2, 0) is 0 Å². The fraction of sp³-hybridized carbons (Fsp3) is 0.0909. The van der Waals surface area contributed by atoms with Gasteiger partial charge in [0.15, 0.2) is 0 Å². The molecule has 3 rings (SSSR count). The lowest BCUT2D eigenvalue weighted by molar-refractivity contribution is 0.640. The van der Waals surface area contributed by atoms with Gasteiger partial charge < -0.3 is 0 Å². The molecule has 2 aromatic carbocycles. The molecule has 0 amide bonds. The summed E-state index contributed by atoms with van der Waals surface area (Å²) in [5, 5.41) is 0. The zero-order chi connectivity index (χ0) is 15.1. The van der Waals surface area contributed by atoms with Crippen LogP contribution < -0.4 is 0 Å². The second-order valence-corrected chi connectivity index (χ2v) is 5.59. The van der Waals surface area contributed by atoms with Crippen molar-refractivity contribution in [2.24, 2.45) is 5.41 Å². The van der Waals surface area contributed by atoms with E-state index in [1.165, 1.54) is 11.1 Å². The van der Waals surface area contributed by atoms with Crippen molar-refractivity contribution in [1.82, 2.24) is 0 Å². The summed E-state index contributed by atoms with van der Waals surface area (Å²) in [4.78, 5) is 0. The van der Waals surface area contributed by atoms with Crippen LogP contribution in [0, 0.1) is 5.41 Å². The SMILES string of the molecule is C1=CCC(C=Cc2ccccc2)(C=Cc2ccccc2)C=C1. The van der Waals surface area contributed by atoms with Crippen LogP contribution in [0.5, 0.6) is 0 Å². The molecule has 0 N–H and O–H groups in total. The van der Waals surface area contributed by atoms with Gasteiger partial charge in [0.05, 0.1) is 0 Å². The van der Waals surface area contributed by atoms with E-state index in [2.05, 4.69) is 97.1 Å². The number of rotatable bonds is 4. The Balaban J connectivity index is 1.86. The molecule has 0 heteroatoms. The smallest absolute Gasteiger partial charge is 0.0286 e. The predicted octanol–water partition coefficient (Wildman–Crippen LogP) is 5.92. The quantitative estimate of drug-likeness (QED) is 0.654. The minimum absolute atomic E-state index is 0.0412. The fourth-order valence-electron chi connectivity index (χ4n) is 2.59. The Bertz CT molecular complexity index is 651. The summed E-state index contributed by atoms with van der Waals surface area (Å²) >= 11 is 0. The first-order valence-corrected chi connectivity index (χ1v) is 7.69. The zero-order valence-corrected chi connectivity index (χ0v) is 12.6. The molecule has 0 aliphatic heterocycles. The molecule has 0 atom stereocenters. The first kappa shape index (κ1) is 14.3. The molecular formula is C22H20. The third kappa shape index (κ3) is 3.73. The van der Waals surface area contributed by atoms with Crippen molar-refractivity contribution in [3.8, 4) is 0 Å². The van der Waals surface area contributed by atoms with Crippen molar-refractivity contribution < 1.29 is 0 Å².